The van der Waals surface area contributed by atoms with Crippen molar-refractivity contribution in [3.63, 3.8) is 0 Å². The van der Waals surface area contributed by atoms with E-state index in [0.717, 1.165) is 6.42 Å². The third-order valence-corrected chi connectivity index (χ3v) is 3.32. The van der Waals surface area contributed by atoms with E-state index in [-0.39, 0.29) is 24.7 Å². The molecule has 6 heteroatoms. The van der Waals surface area contributed by atoms with Crippen molar-refractivity contribution in [1.82, 2.24) is 9.80 Å². The summed E-state index contributed by atoms with van der Waals surface area (Å²) in [4.78, 5) is 26.3. The molecule has 2 rings (SSSR count). The Labute approximate surface area is 106 Å². The minimum atomic E-state index is -0.814. The molecule has 0 aromatic carbocycles. The van der Waals surface area contributed by atoms with Crippen LogP contribution >= 0.6 is 0 Å². The van der Waals surface area contributed by atoms with Crippen molar-refractivity contribution in [2.24, 2.45) is 0 Å². The number of nitrogens with zero attached hydrogens (tertiary/aromatic N) is 2. The van der Waals surface area contributed by atoms with E-state index in [1.54, 1.807) is 4.90 Å². The molecule has 2 heterocycles. The number of piperazine rings is 1. The zero-order chi connectivity index (χ0) is 13.5. The van der Waals surface area contributed by atoms with Gasteiger partial charge in [0.05, 0.1) is 6.54 Å². The summed E-state index contributed by atoms with van der Waals surface area (Å²) in [5.74, 6) is -0.814. The first-order valence-corrected chi connectivity index (χ1v) is 6.22. The van der Waals surface area contributed by atoms with Gasteiger partial charge in [0.1, 0.15) is 5.60 Å². The number of ether oxygens (including phenoxy) is 1. The third kappa shape index (κ3) is 2.75. The molecule has 2 bridgehead atoms. The predicted molar refractivity (Wildman–Crippen MR) is 64.3 cm³/mol. The maximum Gasteiger partial charge on any atom is 0.410 e. The fourth-order valence-corrected chi connectivity index (χ4v) is 2.66. The van der Waals surface area contributed by atoms with Crippen molar-refractivity contribution in [2.45, 2.75) is 44.9 Å². The topological polar surface area (TPSA) is 70.1 Å². The zero-order valence-electron chi connectivity index (χ0n) is 11.0. The number of carboxylic acids is 1. The van der Waals surface area contributed by atoms with E-state index in [0.29, 0.717) is 13.1 Å². The van der Waals surface area contributed by atoms with Crippen LogP contribution in [0.15, 0.2) is 0 Å². The quantitative estimate of drug-likeness (QED) is 0.790. The van der Waals surface area contributed by atoms with Crippen LogP contribution in [0, 0.1) is 0 Å². The van der Waals surface area contributed by atoms with Crippen LogP contribution in [-0.4, -0.2) is 64.3 Å². The van der Waals surface area contributed by atoms with Crippen LogP contribution in [0.1, 0.15) is 27.2 Å². The van der Waals surface area contributed by atoms with E-state index in [1.165, 1.54) is 0 Å². The second-order valence-electron chi connectivity index (χ2n) is 6.00. The molecular formula is C12H20N2O4. The average Bonchev–Trinajstić information content (AvgIpc) is 2.72. The number of fused-ring (bicyclic) bond motifs is 2. The molecule has 2 fully saturated rings. The summed E-state index contributed by atoms with van der Waals surface area (Å²) in [5, 5.41) is 8.78. The maximum atomic E-state index is 11.9. The number of hydrogen-bond donors (Lipinski definition) is 1. The molecule has 6 nitrogen and oxygen atoms in total. The van der Waals surface area contributed by atoms with Gasteiger partial charge in [-0.2, -0.15) is 0 Å². The van der Waals surface area contributed by atoms with Crippen molar-refractivity contribution in [3.05, 3.63) is 0 Å². The molecule has 1 amide bonds. The Hall–Kier alpha value is -1.30. The number of amides is 1. The molecule has 0 saturated carbocycles. The molecule has 2 aliphatic rings. The SMILES string of the molecule is CC(C)(C)OC(=O)N1C[C@@H]2C[C@H]1CN2CC(=O)O. The van der Waals surface area contributed by atoms with Gasteiger partial charge in [-0.1, -0.05) is 0 Å². The second-order valence-corrected chi connectivity index (χ2v) is 6.00. The Balaban J connectivity index is 1.91. The van der Waals surface area contributed by atoms with Crippen LogP contribution in [-0.2, 0) is 9.53 Å². The summed E-state index contributed by atoms with van der Waals surface area (Å²) in [6, 6.07) is 0.266. The van der Waals surface area contributed by atoms with E-state index >= 15 is 0 Å². The summed E-state index contributed by atoms with van der Waals surface area (Å²) < 4.78 is 5.34. The Kier molecular flexibility index (Phi) is 3.23. The lowest BCUT2D eigenvalue weighted by Crippen LogP contribution is -2.51. The molecule has 1 N–H and O–H groups in total. The lowest BCUT2D eigenvalue weighted by atomic mass is 10.2. The molecule has 102 valence electrons. The summed E-state index contributed by atoms with van der Waals surface area (Å²) in [5.41, 5.74) is -0.486. The van der Waals surface area contributed by atoms with Crippen LogP contribution in [0.4, 0.5) is 4.79 Å². The van der Waals surface area contributed by atoms with Gasteiger partial charge in [-0.05, 0) is 27.2 Å². The Bertz CT molecular complexity index is 364. The van der Waals surface area contributed by atoms with E-state index in [1.807, 2.05) is 25.7 Å². The van der Waals surface area contributed by atoms with Crippen molar-refractivity contribution in [2.75, 3.05) is 19.6 Å². The molecule has 0 aliphatic carbocycles. The molecule has 0 aromatic heterocycles. The first kappa shape index (κ1) is 13.1. The number of carbonyl (C=O) groups is 2. The zero-order valence-corrected chi connectivity index (χ0v) is 11.0. The average molecular weight is 256 g/mol. The highest BCUT2D eigenvalue weighted by molar-refractivity contribution is 5.71. The van der Waals surface area contributed by atoms with Crippen LogP contribution in [0.3, 0.4) is 0 Å². The maximum absolute atomic E-state index is 11.9. The van der Waals surface area contributed by atoms with Gasteiger partial charge in [0.2, 0.25) is 0 Å². The summed E-state index contributed by atoms with van der Waals surface area (Å²) in [6.45, 7) is 6.80. The summed E-state index contributed by atoms with van der Waals surface area (Å²) in [7, 11) is 0. The molecule has 0 unspecified atom stereocenters. The Morgan fingerprint density at radius 3 is 2.39 bits per heavy atom. The highest BCUT2D eigenvalue weighted by Crippen LogP contribution is 2.31. The third-order valence-electron chi connectivity index (χ3n) is 3.32. The van der Waals surface area contributed by atoms with Crippen LogP contribution in [0.25, 0.3) is 0 Å². The van der Waals surface area contributed by atoms with Gasteiger partial charge in [0.15, 0.2) is 0 Å². The van der Waals surface area contributed by atoms with Crippen LogP contribution in [0.2, 0.25) is 0 Å². The molecular weight excluding hydrogens is 236 g/mol. The number of carbonyl (C=O) groups excluding carboxylic acids is 1. The molecule has 0 radical (unpaired) electrons. The molecule has 2 saturated heterocycles. The van der Waals surface area contributed by atoms with E-state index in [2.05, 4.69) is 0 Å². The first-order chi connectivity index (χ1) is 8.26. The molecule has 0 aromatic rings. The van der Waals surface area contributed by atoms with Crippen molar-refractivity contribution in [1.29, 1.82) is 0 Å². The monoisotopic (exact) mass is 256 g/mol. The highest BCUT2D eigenvalue weighted by atomic mass is 16.6. The van der Waals surface area contributed by atoms with Gasteiger partial charge in [0, 0.05) is 25.2 Å². The van der Waals surface area contributed by atoms with Gasteiger partial charge < -0.3 is 14.7 Å². The van der Waals surface area contributed by atoms with Crippen LogP contribution in [0.5, 0.6) is 0 Å². The van der Waals surface area contributed by atoms with Crippen molar-refractivity contribution >= 4 is 12.1 Å². The van der Waals surface area contributed by atoms with Gasteiger partial charge in [0.25, 0.3) is 0 Å². The standard InChI is InChI=1S/C12H20N2O4/c1-12(2,3)18-11(17)14-6-8-4-9(14)5-13(8)7-10(15)16/h8-9H,4-7H2,1-3H3,(H,15,16)/t8-,9-/m0/s1. The fourth-order valence-electron chi connectivity index (χ4n) is 2.66. The molecule has 0 spiro atoms. The van der Waals surface area contributed by atoms with E-state index < -0.39 is 11.6 Å². The molecule has 2 atom stereocenters. The summed E-state index contributed by atoms with van der Waals surface area (Å²) >= 11 is 0. The number of aliphatic carboxylic acids is 1. The lowest BCUT2D eigenvalue weighted by molar-refractivity contribution is -0.138. The Morgan fingerprint density at radius 2 is 1.94 bits per heavy atom. The van der Waals surface area contributed by atoms with Crippen LogP contribution < -0.4 is 0 Å². The normalized spacial score (nSPS) is 27.6. The van der Waals surface area contributed by atoms with Gasteiger partial charge in [-0.3, -0.25) is 9.69 Å². The number of rotatable bonds is 2. The van der Waals surface area contributed by atoms with Gasteiger partial charge in [-0.15, -0.1) is 0 Å². The smallest absolute Gasteiger partial charge is 0.410 e. The molecule has 2 aliphatic heterocycles. The fraction of sp³-hybridized carbons (Fsp3) is 0.833. The van der Waals surface area contributed by atoms with Gasteiger partial charge >= 0.3 is 12.1 Å². The van der Waals surface area contributed by atoms with E-state index in [4.69, 9.17) is 9.84 Å². The number of likely N-dealkylation sites (tertiary alicyclic amines) is 2. The van der Waals surface area contributed by atoms with Crippen molar-refractivity contribution < 1.29 is 19.4 Å². The summed E-state index contributed by atoms with van der Waals surface area (Å²) in [6.07, 6.45) is 0.567. The predicted octanol–water partition coefficient (Wildman–Crippen LogP) is 0.765. The number of carboxylic acid groups (broad SMARTS) is 1. The minimum Gasteiger partial charge on any atom is -0.480 e. The minimum absolute atomic E-state index is 0.0589. The first-order valence-electron chi connectivity index (χ1n) is 6.22. The molecule has 18 heavy (non-hydrogen) atoms. The number of hydrogen-bond acceptors (Lipinski definition) is 4. The van der Waals surface area contributed by atoms with E-state index in [9.17, 15) is 9.59 Å². The lowest BCUT2D eigenvalue weighted by Gasteiger charge is -2.34. The largest absolute Gasteiger partial charge is 0.480 e. The second kappa shape index (κ2) is 4.42. The Morgan fingerprint density at radius 1 is 1.28 bits per heavy atom. The van der Waals surface area contributed by atoms with Gasteiger partial charge in [-0.25, -0.2) is 4.79 Å². The highest BCUT2D eigenvalue weighted by Gasteiger charge is 2.46. The van der Waals surface area contributed by atoms with Crippen molar-refractivity contribution in [3.8, 4) is 0 Å².